The fourth-order valence-corrected chi connectivity index (χ4v) is 2.75. The van der Waals surface area contributed by atoms with Crippen LogP contribution >= 0.6 is 0 Å². The molecule has 0 unspecified atom stereocenters. The lowest BCUT2D eigenvalue weighted by molar-refractivity contribution is 0.560. The lowest BCUT2D eigenvalue weighted by Crippen LogP contribution is -2.11. The molecule has 0 atom stereocenters. The summed E-state index contributed by atoms with van der Waals surface area (Å²) in [6.07, 6.45) is 3.39. The third-order valence-electron chi connectivity index (χ3n) is 3.67. The van der Waals surface area contributed by atoms with Crippen LogP contribution in [0.2, 0.25) is 0 Å². The monoisotopic (exact) mass is 263 g/mol. The zero-order valence-electron chi connectivity index (χ0n) is 10.9. The van der Waals surface area contributed by atoms with Gasteiger partial charge in [-0.15, -0.1) is 5.10 Å². The van der Waals surface area contributed by atoms with Crippen LogP contribution in [0.5, 0.6) is 0 Å². The summed E-state index contributed by atoms with van der Waals surface area (Å²) in [5.41, 5.74) is 4.81. The normalized spacial score (nSPS) is 13.5. The number of rotatable bonds is 1. The van der Waals surface area contributed by atoms with E-state index in [2.05, 4.69) is 46.6 Å². The van der Waals surface area contributed by atoms with Crippen molar-refractivity contribution in [1.29, 1.82) is 0 Å². The first kappa shape index (κ1) is 11.2. The zero-order chi connectivity index (χ0) is 13.4. The second-order valence-corrected chi connectivity index (χ2v) is 4.81. The average molecular weight is 263 g/mol. The molecule has 0 aliphatic carbocycles. The van der Waals surface area contributed by atoms with Crippen LogP contribution in [-0.2, 0) is 12.8 Å². The Kier molecular flexibility index (Phi) is 2.52. The molecular weight excluding hydrogens is 250 g/mol. The van der Waals surface area contributed by atoms with Crippen molar-refractivity contribution in [2.45, 2.75) is 12.8 Å². The minimum atomic E-state index is 0.506. The Bertz CT molecular complexity index is 689. The summed E-state index contributed by atoms with van der Waals surface area (Å²) in [7, 11) is 0. The van der Waals surface area contributed by atoms with Crippen LogP contribution in [0.3, 0.4) is 0 Å². The number of para-hydroxylation sites is 2. The quantitative estimate of drug-likeness (QED) is 0.672. The molecule has 4 heteroatoms. The van der Waals surface area contributed by atoms with Crippen molar-refractivity contribution in [2.24, 2.45) is 0 Å². The van der Waals surface area contributed by atoms with E-state index in [0.717, 1.165) is 24.2 Å². The van der Waals surface area contributed by atoms with E-state index in [4.69, 9.17) is 4.42 Å². The van der Waals surface area contributed by atoms with Crippen LogP contribution in [0.25, 0.3) is 0 Å². The summed E-state index contributed by atoms with van der Waals surface area (Å²) < 4.78 is 5.45. The molecule has 1 aromatic heterocycles. The first-order valence-electron chi connectivity index (χ1n) is 6.65. The molecule has 0 saturated heterocycles. The average Bonchev–Trinajstić information content (AvgIpc) is 2.96. The first-order valence-corrected chi connectivity index (χ1v) is 6.65. The molecule has 2 heterocycles. The predicted octanol–water partition coefficient (Wildman–Crippen LogP) is 3.64. The van der Waals surface area contributed by atoms with Gasteiger partial charge in [0.2, 0.25) is 6.39 Å². The second kappa shape index (κ2) is 4.49. The molecule has 98 valence electrons. The smallest absolute Gasteiger partial charge is 0.327 e. The molecule has 0 saturated carbocycles. The zero-order valence-corrected chi connectivity index (χ0v) is 10.9. The first-order chi connectivity index (χ1) is 9.93. The molecule has 0 bridgehead atoms. The topological polar surface area (TPSA) is 42.2 Å². The number of aryl methyl sites for hydroxylation is 2. The van der Waals surface area contributed by atoms with Crippen LogP contribution in [0.4, 0.5) is 17.4 Å². The Morgan fingerprint density at radius 3 is 2.00 bits per heavy atom. The summed E-state index contributed by atoms with van der Waals surface area (Å²) in [5.74, 6) is 0. The Hall–Kier alpha value is -2.62. The van der Waals surface area contributed by atoms with Crippen molar-refractivity contribution in [3.63, 3.8) is 0 Å². The highest BCUT2D eigenvalue weighted by Gasteiger charge is 2.24. The van der Waals surface area contributed by atoms with Crippen molar-refractivity contribution < 1.29 is 4.42 Å². The molecule has 1 aliphatic heterocycles. The fourth-order valence-electron chi connectivity index (χ4n) is 2.75. The highest BCUT2D eigenvalue weighted by atomic mass is 16.4. The summed E-state index contributed by atoms with van der Waals surface area (Å²) in [6, 6.07) is 17.2. The molecule has 4 rings (SSSR count). The van der Waals surface area contributed by atoms with Gasteiger partial charge in [-0.2, -0.15) is 0 Å². The number of anilines is 3. The Morgan fingerprint density at radius 1 is 0.850 bits per heavy atom. The molecule has 0 fully saturated rings. The number of hydrogen-bond donors (Lipinski definition) is 0. The van der Waals surface area contributed by atoms with Crippen molar-refractivity contribution in [3.05, 3.63) is 66.1 Å². The fraction of sp³-hybridized carbons (Fsp3) is 0.125. The maximum atomic E-state index is 5.45. The molecule has 2 aromatic carbocycles. The van der Waals surface area contributed by atoms with E-state index in [1.165, 1.54) is 17.5 Å². The highest BCUT2D eigenvalue weighted by Crippen LogP contribution is 2.40. The van der Waals surface area contributed by atoms with E-state index >= 15 is 0 Å². The van der Waals surface area contributed by atoms with E-state index in [1.807, 2.05) is 17.0 Å². The van der Waals surface area contributed by atoms with Crippen molar-refractivity contribution in [2.75, 3.05) is 4.90 Å². The van der Waals surface area contributed by atoms with Crippen LogP contribution in [0, 0.1) is 0 Å². The van der Waals surface area contributed by atoms with Gasteiger partial charge in [-0.05, 0) is 36.1 Å². The molecule has 0 amide bonds. The maximum Gasteiger partial charge on any atom is 0.327 e. The molecule has 3 aromatic rings. The van der Waals surface area contributed by atoms with Gasteiger partial charge in [0, 0.05) is 0 Å². The Morgan fingerprint density at radius 2 is 1.45 bits per heavy atom. The van der Waals surface area contributed by atoms with Gasteiger partial charge in [0.1, 0.15) is 0 Å². The van der Waals surface area contributed by atoms with E-state index in [-0.39, 0.29) is 0 Å². The van der Waals surface area contributed by atoms with Crippen LogP contribution in [0.15, 0.2) is 59.3 Å². The van der Waals surface area contributed by atoms with Gasteiger partial charge in [0.25, 0.3) is 0 Å². The number of hydrogen-bond acceptors (Lipinski definition) is 4. The number of nitrogens with zero attached hydrogens (tertiary/aromatic N) is 3. The molecule has 20 heavy (non-hydrogen) atoms. The summed E-state index contributed by atoms with van der Waals surface area (Å²) in [6.45, 7) is 0. The standard InChI is InChI=1S/C16H13N3O/c1-3-7-14-12(5-1)9-10-13-6-2-4-8-15(13)19(14)16-18-17-11-20-16/h1-8,11H,9-10H2. The Labute approximate surface area is 116 Å². The van der Waals surface area contributed by atoms with Crippen molar-refractivity contribution >= 4 is 17.4 Å². The van der Waals surface area contributed by atoms with E-state index in [9.17, 15) is 0 Å². The number of benzene rings is 2. The lowest BCUT2D eigenvalue weighted by atomic mass is 10.0. The van der Waals surface area contributed by atoms with E-state index in [1.54, 1.807) is 0 Å². The Balaban J connectivity index is 1.99. The predicted molar refractivity (Wildman–Crippen MR) is 76.4 cm³/mol. The number of fused-ring (bicyclic) bond motifs is 2. The largest absolute Gasteiger partial charge is 0.410 e. The van der Waals surface area contributed by atoms with Crippen molar-refractivity contribution in [1.82, 2.24) is 10.2 Å². The molecular formula is C16H13N3O. The van der Waals surface area contributed by atoms with Crippen molar-refractivity contribution in [3.8, 4) is 0 Å². The molecule has 0 spiro atoms. The molecule has 0 N–H and O–H groups in total. The SMILES string of the molecule is c1ccc2c(c1)CCc1ccccc1N2c1nnco1. The van der Waals surface area contributed by atoms with Gasteiger partial charge >= 0.3 is 6.01 Å². The van der Waals surface area contributed by atoms with Gasteiger partial charge in [-0.1, -0.05) is 41.5 Å². The minimum Gasteiger partial charge on any atom is -0.410 e. The number of aromatic nitrogens is 2. The van der Waals surface area contributed by atoms with Gasteiger partial charge < -0.3 is 4.42 Å². The summed E-state index contributed by atoms with van der Waals surface area (Å²) >= 11 is 0. The molecule has 0 radical (unpaired) electrons. The summed E-state index contributed by atoms with van der Waals surface area (Å²) in [5, 5.41) is 7.90. The maximum absolute atomic E-state index is 5.45. The van der Waals surface area contributed by atoms with Gasteiger partial charge in [-0.25, -0.2) is 0 Å². The van der Waals surface area contributed by atoms with Crippen LogP contribution in [0.1, 0.15) is 11.1 Å². The third kappa shape index (κ3) is 1.69. The minimum absolute atomic E-state index is 0.506. The van der Waals surface area contributed by atoms with E-state index < -0.39 is 0 Å². The lowest BCUT2D eigenvalue weighted by Gasteiger charge is -2.22. The molecule has 4 nitrogen and oxygen atoms in total. The van der Waals surface area contributed by atoms with Gasteiger partial charge in [0.15, 0.2) is 0 Å². The van der Waals surface area contributed by atoms with E-state index in [0.29, 0.717) is 6.01 Å². The summed E-state index contributed by atoms with van der Waals surface area (Å²) in [4.78, 5) is 2.05. The molecule has 1 aliphatic rings. The highest BCUT2D eigenvalue weighted by molar-refractivity contribution is 5.77. The second-order valence-electron chi connectivity index (χ2n) is 4.81. The van der Waals surface area contributed by atoms with Gasteiger partial charge in [0.05, 0.1) is 11.4 Å². The van der Waals surface area contributed by atoms with Crippen LogP contribution in [-0.4, -0.2) is 10.2 Å². The van der Waals surface area contributed by atoms with Crippen LogP contribution < -0.4 is 4.90 Å². The third-order valence-corrected chi connectivity index (χ3v) is 3.67. The van der Waals surface area contributed by atoms with Gasteiger partial charge in [-0.3, -0.25) is 4.90 Å².